The van der Waals surface area contributed by atoms with Crippen molar-refractivity contribution in [1.29, 1.82) is 0 Å². The van der Waals surface area contributed by atoms with E-state index < -0.39 is 0 Å². The summed E-state index contributed by atoms with van der Waals surface area (Å²) >= 11 is 6.10. The molecule has 1 aromatic carbocycles. The maximum atomic E-state index is 11.2. The third-order valence-electron chi connectivity index (χ3n) is 2.69. The predicted octanol–water partition coefficient (Wildman–Crippen LogP) is 2.24. The molecule has 1 aliphatic rings. The predicted molar refractivity (Wildman–Crippen MR) is 61.0 cm³/mol. The molecule has 0 bridgehead atoms. The van der Waals surface area contributed by atoms with Crippen LogP contribution in [-0.4, -0.2) is 5.91 Å². The molecule has 0 radical (unpaired) electrons. The summed E-state index contributed by atoms with van der Waals surface area (Å²) in [6.07, 6.45) is 1.26. The average Bonchev–Trinajstić information content (AvgIpc) is 2.55. The number of anilines is 1. The molecule has 0 aliphatic carbocycles. The van der Waals surface area contributed by atoms with Gasteiger partial charge in [0.15, 0.2) is 0 Å². The van der Waals surface area contributed by atoms with Crippen LogP contribution in [0.3, 0.4) is 0 Å². The molecule has 1 atom stereocenters. The van der Waals surface area contributed by atoms with E-state index in [4.69, 9.17) is 17.3 Å². The van der Waals surface area contributed by atoms with Gasteiger partial charge in [0.2, 0.25) is 5.91 Å². The van der Waals surface area contributed by atoms with E-state index in [1.54, 1.807) is 6.07 Å². The van der Waals surface area contributed by atoms with Crippen LogP contribution < -0.4 is 11.1 Å². The Morgan fingerprint density at radius 1 is 1.60 bits per heavy atom. The maximum Gasteiger partial charge on any atom is 0.228 e. The molecular formula is C11H13ClN2O. The zero-order chi connectivity index (χ0) is 11.0. The average molecular weight is 225 g/mol. The van der Waals surface area contributed by atoms with Crippen LogP contribution in [0, 0.1) is 0 Å². The molecule has 3 N–H and O–H groups in total. The van der Waals surface area contributed by atoms with Crippen LogP contribution in [0.5, 0.6) is 0 Å². The van der Waals surface area contributed by atoms with Crippen molar-refractivity contribution in [2.24, 2.45) is 5.73 Å². The van der Waals surface area contributed by atoms with Gasteiger partial charge in [0.25, 0.3) is 0 Å². The first-order valence-corrected chi connectivity index (χ1v) is 5.37. The van der Waals surface area contributed by atoms with E-state index in [2.05, 4.69) is 5.32 Å². The lowest BCUT2D eigenvalue weighted by molar-refractivity contribution is -0.115. The summed E-state index contributed by atoms with van der Waals surface area (Å²) in [5.74, 6) is 0.0169. The van der Waals surface area contributed by atoms with Crippen molar-refractivity contribution in [3.05, 3.63) is 28.3 Å². The maximum absolute atomic E-state index is 11.2. The number of benzene rings is 1. The summed E-state index contributed by atoms with van der Waals surface area (Å²) in [4.78, 5) is 11.2. The molecule has 1 unspecified atom stereocenters. The highest BCUT2D eigenvalue weighted by atomic mass is 35.5. The Bertz CT molecular complexity index is 417. The number of hydrogen-bond donors (Lipinski definition) is 2. The van der Waals surface area contributed by atoms with Crippen molar-refractivity contribution >= 4 is 23.2 Å². The summed E-state index contributed by atoms with van der Waals surface area (Å²) in [5.41, 5.74) is 8.67. The second kappa shape index (κ2) is 3.83. The lowest BCUT2D eigenvalue weighted by atomic mass is 10.0. The number of nitrogens with two attached hydrogens (primary N) is 1. The Morgan fingerprint density at radius 3 is 3.00 bits per heavy atom. The number of carbonyl (C=O) groups excluding carboxylic acids is 1. The molecule has 3 nitrogen and oxygen atoms in total. The van der Waals surface area contributed by atoms with Crippen molar-refractivity contribution < 1.29 is 4.79 Å². The minimum absolute atomic E-state index is 0.0169. The Labute approximate surface area is 93.6 Å². The lowest BCUT2D eigenvalue weighted by Crippen LogP contribution is -2.09. The van der Waals surface area contributed by atoms with E-state index in [0.29, 0.717) is 11.4 Å². The van der Waals surface area contributed by atoms with Crippen molar-refractivity contribution in [2.45, 2.75) is 25.8 Å². The molecule has 1 amide bonds. The Kier molecular flexibility index (Phi) is 2.67. The highest BCUT2D eigenvalue weighted by Crippen LogP contribution is 2.32. The molecule has 15 heavy (non-hydrogen) atoms. The molecule has 4 heteroatoms. The first-order valence-electron chi connectivity index (χ1n) is 4.99. The highest BCUT2D eigenvalue weighted by molar-refractivity contribution is 6.32. The second-order valence-electron chi connectivity index (χ2n) is 3.77. The summed E-state index contributed by atoms with van der Waals surface area (Å²) < 4.78 is 0. The van der Waals surface area contributed by atoms with Gasteiger partial charge in [-0.05, 0) is 23.6 Å². The van der Waals surface area contributed by atoms with E-state index in [1.807, 2.05) is 13.0 Å². The van der Waals surface area contributed by atoms with Gasteiger partial charge in [-0.15, -0.1) is 0 Å². The fourth-order valence-electron chi connectivity index (χ4n) is 1.77. The van der Waals surface area contributed by atoms with Gasteiger partial charge in [-0.25, -0.2) is 0 Å². The Balaban J connectivity index is 2.44. The molecule has 0 fully saturated rings. The first-order chi connectivity index (χ1) is 7.11. The number of amides is 1. The smallest absolute Gasteiger partial charge is 0.228 e. The monoisotopic (exact) mass is 224 g/mol. The molecule has 0 saturated carbocycles. The molecule has 80 valence electrons. The third-order valence-corrected chi connectivity index (χ3v) is 3.01. The fourth-order valence-corrected chi connectivity index (χ4v) is 2.08. The minimum Gasteiger partial charge on any atom is -0.325 e. The number of carbonyl (C=O) groups is 1. The van der Waals surface area contributed by atoms with Gasteiger partial charge in [0.1, 0.15) is 0 Å². The summed E-state index contributed by atoms with van der Waals surface area (Å²) in [6, 6.07) is 3.66. The third kappa shape index (κ3) is 1.85. The number of nitrogens with one attached hydrogen (secondary N) is 1. The zero-order valence-electron chi connectivity index (χ0n) is 8.51. The van der Waals surface area contributed by atoms with Crippen LogP contribution >= 0.6 is 11.6 Å². The first kappa shape index (κ1) is 10.5. The molecule has 1 heterocycles. The number of hydrogen-bond acceptors (Lipinski definition) is 2. The van der Waals surface area contributed by atoms with Gasteiger partial charge in [-0.2, -0.15) is 0 Å². The highest BCUT2D eigenvalue weighted by Gasteiger charge is 2.20. The van der Waals surface area contributed by atoms with E-state index in [-0.39, 0.29) is 11.9 Å². The van der Waals surface area contributed by atoms with Gasteiger partial charge >= 0.3 is 0 Å². The van der Waals surface area contributed by atoms with Gasteiger partial charge in [0, 0.05) is 16.8 Å². The standard InChI is InChI=1S/C11H13ClN2O/c1-2-9(13)7-3-6-4-11(15)14-10(6)5-8(7)12/h3,5,9H,2,4,13H2,1H3,(H,14,15). The fraction of sp³-hybridized carbons (Fsp3) is 0.364. The second-order valence-corrected chi connectivity index (χ2v) is 4.18. The van der Waals surface area contributed by atoms with E-state index >= 15 is 0 Å². The lowest BCUT2D eigenvalue weighted by Gasteiger charge is -2.12. The Hall–Kier alpha value is -1.06. The summed E-state index contributed by atoms with van der Waals surface area (Å²) in [5, 5.41) is 3.39. The molecule has 1 aliphatic heterocycles. The quantitative estimate of drug-likeness (QED) is 0.810. The van der Waals surface area contributed by atoms with Gasteiger partial charge in [-0.1, -0.05) is 24.6 Å². The summed E-state index contributed by atoms with van der Waals surface area (Å²) in [6.45, 7) is 2.01. The van der Waals surface area contributed by atoms with Crippen LogP contribution in [0.15, 0.2) is 12.1 Å². The number of rotatable bonds is 2. The molecule has 0 spiro atoms. The molecule has 0 saturated heterocycles. The molecular weight excluding hydrogens is 212 g/mol. The van der Waals surface area contributed by atoms with Crippen LogP contribution in [0.1, 0.15) is 30.5 Å². The Morgan fingerprint density at radius 2 is 2.33 bits per heavy atom. The van der Waals surface area contributed by atoms with Crippen molar-refractivity contribution in [1.82, 2.24) is 0 Å². The van der Waals surface area contributed by atoms with Crippen molar-refractivity contribution in [2.75, 3.05) is 5.32 Å². The van der Waals surface area contributed by atoms with Crippen LogP contribution in [0.25, 0.3) is 0 Å². The van der Waals surface area contributed by atoms with Gasteiger partial charge in [-0.3, -0.25) is 4.79 Å². The molecule has 2 rings (SSSR count). The normalized spacial score (nSPS) is 16.1. The van der Waals surface area contributed by atoms with Crippen molar-refractivity contribution in [3.63, 3.8) is 0 Å². The molecule has 0 aromatic heterocycles. The number of halogens is 1. The van der Waals surface area contributed by atoms with Gasteiger partial charge in [0.05, 0.1) is 6.42 Å². The summed E-state index contributed by atoms with van der Waals surface area (Å²) in [7, 11) is 0. The largest absolute Gasteiger partial charge is 0.325 e. The topological polar surface area (TPSA) is 55.1 Å². The van der Waals surface area contributed by atoms with Crippen LogP contribution in [0.4, 0.5) is 5.69 Å². The number of fused-ring (bicyclic) bond motifs is 1. The van der Waals surface area contributed by atoms with E-state index in [9.17, 15) is 4.79 Å². The van der Waals surface area contributed by atoms with Gasteiger partial charge < -0.3 is 11.1 Å². The zero-order valence-corrected chi connectivity index (χ0v) is 9.27. The van der Waals surface area contributed by atoms with Crippen molar-refractivity contribution in [3.8, 4) is 0 Å². The molecule has 1 aromatic rings. The van der Waals surface area contributed by atoms with E-state index in [1.165, 1.54) is 0 Å². The van der Waals surface area contributed by atoms with E-state index in [0.717, 1.165) is 23.2 Å². The van der Waals surface area contributed by atoms with Crippen LogP contribution in [-0.2, 0) is 11.2 Å². The SMILES string of the molecule is CCC(N)c1cc2c(cc1Cl)NC(=O)C2. The minimum atomic E-state index is -0.0569. The van der Waals surface area contributed by atoms with Crippen LogP contribution in [0.2, 0.25) is 5.02 Å².